The van der Waals surface area contributed by atoms with Crippen LogP contribution in [-0.2, 0) is 9.47 Å². The Labute approximate surface area is 208 Å². The van der Waals surface area contributed by atoms with Crippen molar-refractivity contribution in [2.45, 2.75) is 41.6 Å². The van der Waals surface area contributed by atoms with E-state index in [1.165, 1.54) is 31.1 Å². The highest BCUT2D eigenvalue weighted by atomic mass is 35.5. The molecule has 3 heterocycles. The summed E-state index contributed by atoms with van der Waals surface area (Å²) >= 11 is 7.14. The van der Waals surface area contributed by atoms with Crippen LogP contribution in [0.5, 0.6) is 0 Å². The molecule has 0 unspecified atom stereocenters. The van der Waals surface area contributed by atoms with Crippen molar-refractivity contribution < 1.29 is 28.5 Å². The average Bonchev–Trinajstić information content (AvgIpc) is 3.32. The fourth-order valence-electron chi connectivity index (χ4n) is 3.78. The average molecular weight is 524 g/mol. The Balaban J connectivity index is 1.70. The largest absolute Gasteiger partial charge is 0.394 e. The summed E-state index contributed by atoms with van der Waals surface area (Å²) in [5, 5.41) is 38.6. The summed E-state index contributed by atoms with van der Waals surface area (Å²) in [7, 11) is 1.41. The molecular formula is C22H20ClF2N5O4S. The minimum Gasteiger partial charge on any atom is -0.394 e. The second-order valence-electron chi connectivity index (χ2n) is 7.79. The smallest absolute Gasteiger partial charge is 0.154 e. The molecule has 1 aliphatic heterocycles. The number of hydrogen-bond acceptors (Lipinski definition) is 9. The van der Waals surface area contributed by atoms with Crippen LogP contribution in [-0.4, -0.2) is 67.7 Å². The fraction of sp³-hybridized carbons (Fsp3) is 0.364. The number of aromatic nitrogens is 4. The zero-order valence-electron chi connectivity index (χ0n) is 18.5. The zero-order chi connectivity index (χ0) is 25.3. The molecule has 9 nitrogen and oxygen atoms in total. The van der Waals surface area contributed by atoms with Gasteiger partial charge >= 0.3 is 0 Å². The van der Waals surface area contributed by atoms with Gasteiger partial charge in [-0.3, -0.25) is 0 Å². The highest BCUT2D eigenvalue weighted by molar-refractivity contribution is 7.99. The molecule has 1 aliphatic rings. The van der Waals surface area contributed by atoms with Crippen molar-refractivity contribution >= 4 is 23.4 Å². The first-order valence-electron chi connectivity index (χ1n) is 10.3. The van der Waals surface area contributed by atoms with Crippen molar-refractivity contribution in [2.24, 2.45) is 0 Å². The number of halogens is 3. The molecule has 1 aromatic carbocycles. The van der Waals surface area contributed by atoms with Crippen molar-refractivity contribution in [2.75, 3.05) is 13.7 Å². The number of nitriles is 1. The van der Waals surface area contributed by atoms with Crippen molar-refractivity contribution in [1.82, 2.24) is 20.0 Å². The van der Waals surface area contributed by atoms with Gasteiger partial charge in [0.15, 0.2) is 5.69 Å². The first-order chi connectivity index (χ1) is 16.8. The number of ether oxygens (including phenoxy) is 2. The van der Waals surface area contributed by atoms with Crippen LogP contribution >= 0.6 is 23.4 Å². The molecule has 0 aliphatic carbocycles. The third-order valence-electron chi connectivity index (χ3n) is 5.66. The standard InChI is InChI=1S/C22H20ClF2N5O4S/c1-10-13(24)3-11(4-14(10)25)16-8-30(29-28-16)19-20(32)17(9-31)34-22(21(19)33-2)35-18-5-12(23)7-27-15(18)6-26/h3-5,7-8,17,19-22,31-32H,9H2,1-2H3/t17-,19+,20+,21-,22-/m1/s1. The van der Waals surface area contributed by atoms with E-state index in [1.54, 1.807) is 6.07 Å². The number of benzene rings is 1. The van der Waals surface area contributed by atoms with Crippen LogP contribution in [0.15, 0.2) is 35.5 Å². The maximum atomic E-state index is 14.1. The van der Waals surface area contributed by atoms with Gasteiger partial charge in [-0.1, -0.05) is 28.6 Å². The molecule has 35 heavy (non-hydrogen) atoms. The van der Waals surface area contributed by atoms with Gasteiger partial charge in [-0.15, -0.1) is 5.10 Å². The third kappa shape index (κ3) is 5.02. The summed E-state index contributed by atoms with van der Waals surface area (Å²) in [4.78, 5) is 4.42. The molecule has 13 heteroatoms. The summed E-state index contributed by atoms with van der Waals surface area (Å²) in [5.41, 5.74) is -0.474. The Morgan fingerprint density at radius 3 is 2.66 bits per heavy atom. The predicted octanol–water partition coefficient (Wildman–Crippen LogP) is 2.88. The van der Waals surface area contributed by atoms with Crippen LogP contribution in [0.2, 0.25) is 5.02 Å². The lowest BCUT2D eigenvalue weighted by Crippen LogP contribution is -2.55. The molecule has 0 amide bonds. The molecule has 0 spiro atoms. The van der Waals surface area contributed by atoms with Crippen molar-refractivity contribution in [3.8, 4) is 17.3 Å². The minimum absolute atomic E-state index is 0.113. The Hall–Kier alpha value is -2.66. The van der Waals surface area contributed by atoms with Gasteiger partial charge in [0.25, 0.3) is 0 Å². The van der Waals surface area contributed by atoms with E-state index in [4.69, 9.17) is 21.1 Å². The highest BCUT2D eigenvalue weighted by Crippen LogP contribution is 2.40. The Morgan fingerprint density at radius 1 is 1.31 bits per heavy atom. The number of rotatable bonds is 6. The van der Waals surface area contributed by atoms with E-state index in [0.717, 1.165) is 23.9 Å². The molecule has 2 aromatic heterocycles. The monoisotopic (exact) mass is 523 g/mol. The number of nitrogens with zero attached hydrogens (tertiary/aromatic N) is 5. The predicted molar refractivity (Wildman–Crippen MR) is 122 cm³/mol. The summed E-state index contributed by atoms with van der Waals surface area (Å²) in [6.07, 6.45) is -0.369. The number of pyridine rings is 1. The Morgan fingerprint density at radius 2 is 2.03 bits per heavy atom. The van der Waals surface area contributed by atoms with E-state index in [-0.39, 0.29) is 22.5 Å². The molecule has 0 bridgehead atoms. The third-order valence-corrected chi connectivity index (χ3v) is 7.04. The van der Waals surface area contributed by atoms with Crippen LogP contribution in [0.4, 0.5) is 8.78 Å². The molecule has 1 fully saturated rings. The maximum Gasteiger partial charge on any atom is 0.154 e. The van der Waals surface area contributed by atoms with E-state index in [1.807, 2.05) is 6.07 Å². The molecule has 0 saturated carbocycles. The number of methoxy groups -OCH3 is 1. The van der Waals surface area contributed by atoms with E-state index >= 15 is 0 Å². The maximum absolute atomic E-state index is 14.1. The van der Waals surface area contributed by atoms with Crippen molar-refractivity contribution in [3.05, 3.63) is 58.5 Å². The quantitative estimate of drug-likeness (QED) is 0.501. The first-order valence-corrected chi connectivity index (χ1v) is 11.6. The molecular weight excluding hydrogens is 504 g/mol. The summed E-state index contributed by atoms with van der Waals surface area (Å²) in [6.45, 7) is 0.812. The van der Waals surface area contributed by atoms with Crippen molar-refractivity contribution in [1.29, 1.82) is 5.26 Å². The van der Waals surface area contributed by atoms with Crippen LogP contribution < -0.4 is 0 Å². The minimum atomic E-state index is -1.27. The van der Waals surface area contributed by atoms with E-state index in [0.29, 0.717) is 9.92 Å². The number of thioether (sulfide) groups is 1. The topological polar surface area (TPSA) is 126 Å². The van der Waals surface area contributed by atoms with E-state index in [9.17, 15) is 24.3 Å². The van der Waals surface area contributed by atoms with Gasteiger partial charge in [-0.05, 0) is 25.1 Å². The van der Waals surface area contributed by atoms with Crippen molar-refractivity contribution in [3.63, 3.8) is 0 Å². The lowest BCUT2D eigenvalue weighted by Gasteiger charge is -2.43. The number of hydrogen-bond donors (Lipinski definition) is 2. The summed E-state index contributed by atoms with van der Waals surface area (Å²) in [6, 6.07) is 4.92. The number of aliphatic hydroxyl groups excluding tert-OH is 2. The second kappa shape index (κ2) is 10.5. The molecule has 2 N–H and O–H groups in total. The van der Waals surface area contributed by atoms with Gasteiger partial charge in [0.05, 0.1) is 17.8 Å². The lowest BCUT2D eigenvalue weighted by atomic mass is 9.97. The molecule has 5 atom stereocenters. The fourth-order valence-corrected chi connectivity index (χ4v) is 5.26. The summed E-state index contributed by atoms with van der Waals surface area (Å²) < 4.78 is 41.0. The summed E-state index contributed by atoms with van der Waals surface area (Å²) in [5.74, 6) is -1.45. The molecule has 3 aromatic rings. The normalized spacial score (nSPS) is 24.3. The molecule has 0 radical (unpaired) electrons. The van der Waals surface area contributed by atoms with Crippen LogP contribution in [0.25, 0.3) is 11.3 Å². The van der Waals surface area contributed by atoms with Gasteiger partial charge in [0.1, 0.15) is 53.2 Å². The molecule has 184 valence electrons. The Bertz CT molecular complexity index is 1250. The van der Waals surface area contributed by atoms with E-state index in [2.05, 4.69) is 15.3 Å². The van der Waals surface area contributed by atoms with Crippen LogP contribution in [0.1, 0.15) is 17.3 Å². The van der Waals surface area contributed by atoms with E-state index < -0.39 is 48.0 Å². The van der Waals surface area contributed by atoms with Gasteiger partial charge in [0.2, 0.25) is 0 Å². The number of aliphatic hydroxyl groups is 2. The van der Waals surface area contributed by atoms with Crippen LogP contribution in [0.3, 0.4) is 0 Å². The van der Waals surface area contributed by atoms with Gasteiger partial charge in [0, 0.05) is 29.3 Å². The highest BCUT2D eigenvalue weighted by Gasteiger charge is 2.47. The Kier molecular flexibility index (Phi) is 7.65. The van der Waals surface area contributed by atoms with Gasteiger partial charge in [-0.25, -0.2) is 18.4 Å². The lowest BCUT2D eigenvalue weighted by molar-refractivity contribution is -0.186. The first kappa shape index (κ1) is 25.4. The molecule has 4 rings (SSSR count). The van der Waals surface area contributed by atoms with Gasteiger partial charge < -0.3 is 19.7 Å². The SMILES string of the molecule is CO[C@@H]1[C@@H](n2cc(-c3cc(F)c(C)c(F)c3)nn2)[C@@H](O)[C@@H](CO)O[C@@H]1Sc1cc(Cl)cnc1C#N. The molecule has 1 saturated heterocycles. The van der Waals surface area contributed by atoms with Gasteiger partial charge in [-0.2, -0.15) is 5.26 Å². The second-order valence-corrected chi connectivity index (χ2v) is 9.36. The zero-order valence-corrected chi connectivity index (χ0v) is 20.0. The van der Waals surface area contributed by atoms with Crippen LogP contribution in [0, 0.1) is 29.9 Å².